The van der Waals surface area contributed by atoms with E-state index in [0.29, 0.717) is 24.3 Å². The third kappa shape index (κ3) is 4.81. The van der Waals surface area contributed by atoms with Gasteiger partial charge in [-0.2, -0.15) is 16.9 Å². The van der Waals surface area contributed by atoms with Gasteiger partial charge in [0.05, 0.1) is 6.61 Å². The third-order valence-electron chi connectivity index (χ3n) is 1.90. The molecule has 0 spiro atoms. The van der Waals surface area contributed by atoms with E-state index in [2.05, 4.69) is 18.9 Å². The molecule has 1 rings (SSSR count). The van der Waals surface area contributed by atoms with Crippen molar-refractivity contribution in [1.29, 1.82) is 0 Å². The molecule has 0 unspecified atom stereocenters. The van der Waals surface area contributed by atoms with Gasteiger partial charge >= 0.3 is 0 Å². The van der Waals surface area contributed by atoms with Crippen LogP contribution in [0.25, 0.3) is 0 Å². The molecule has 1 aromatic heterocycles. The highest BCUT2D eigenvalue weighted by Crippen LogP contribution is 2.08. The highest BCUT2D eigenvalue weighted by molar-refractivity contribution is 7.99. The Morgan fingerprint density at radius 3 is 2.94 bits per heavy atom. The Balaban J connectivity index is 2.19. The van der Waals surface area contributed by atoms with Crippen molar-refractivity contribution in [3.05, 3.63) is 18.0 Å². The summed E-state index contributed by atoms with van der Waals surface area (Å²) < 4.78 is 7.07. The summed E-state index contributed by atoms with van der Waals surface area (Å²) in [5.41, 5.74) is 0.486. The monoisotopic (exact) mass is 242 g/mol. The van der Waals surface area contributed by atoms with Gasteiger partial charge < -0.3 is 4.74 Å². The summed E-state index contributed by atoms with van der Waals surface area (Å²) in [5, 5.41) is 4.71. The number of carbonyl (C=O) groups is 1. The molecule has 5 heteroatoms. The number of rotatable bonds is 7. The average molecular weight is 242 g/mol. The lowest BCUT2D eigenvalue weighted by Crippen LogP contribution is -2.07. The Morgan fingerprint density at radius 2 is 2.38 bits per heavy atom. The maximum atomic E-state index is 11.0. The lowest BCUT2D eigenvalue weighted by atomic mass is 10.3. The first kappa shape index (κ1) is 13.3. The van der Waals surface area contributed by atoms with E-state index in [1.807, 2.05) is 11.8 Å². The molecule has 0 aliphatic carbocycles. The van der Waals surface area contributed by atoms with Crippen molar-refractivity contribution in [2.75, 3.05) is 12.4 Å². The van der Waals surface area contributed by atoms with Gasteiger partial charge in [-0.15, -0.1) is 0 Å². The largest absolute Gasteiger partial charge is 0.358 e. The van der Waals surface area contributed by atoms with E-state index >= 15 is 0 Å². The van der Waals surface area contributed by atoms with Gasteiger partial charge in [0.2, 0.25) is 0 Å². The Labute approximate surface area is 100 Å². The molecule has 0 fully saturated rings. The first-order chi connectivity index (χ1) is 7.59. The second kappa shape index (κ2) is 6.70. The number of aromatic nitrogens is 2. The third-order valence-corrected chi connectivity index (χ3v) is 2.97. The number of ether oxygens (including phenoxy) is 1. The lowest BCUT2D eigenvalue weighted by molar-refractivity contribution is 0.0803. The van der Waals surface area contributed by atoms with Crippen molar-refractivity contribution >= 4 is 17.5 Å². The van der Waals surface area contributed by atoms with Crippen molar-refractivity contribution in [3.8, 4) is 0 Å². The van der Waals surface area contributed by atoms with Crippen molar-refractivity contribution in [2.24, 2.45) is 0 Å². The van der Waals surface area contributed by atoms with Gasteiger partial charge in [-0.1, -0.05) is 13.8 Å². The van der Waals surface area contributed by atoms with Crippen LogP contribution >= 0.6 is 11.8 Å². The Hall–Kier alpha value is -0.810. The molecule has 1 heterocycles. The minimum absolute atomic E-state index is 0.0193. The summed E-state index contributed by atoms with van der Waals surface area (Å²) >= 11 is 1.87. The molecule has 0 N–H and O–H groups in total. The second-order valence-corrected chi connectivity index (χ2v) is 5.44. The molecule has 0 saturated heterocycles. The van der Waals surface area contributed by atoms with Crippen LogP contribution < -0.4 is 0 Å². The zero-order valence-corrected chi connectivity index (χ0v) is 10.8. The molecule has 4 nitrogen and oxygen atoms in total. The molecular formula is C11H18N2O2S. The second-order valence-electron chi connectivity index (χ2n) is 3.75. The molecule has 0 bridgehead atoms. The molecule has 0 saturated carbocycles. The van der Waals surface area contributed by atoms with Crippen LogP contribution in [-0.4, -0.2) is 33.2 Å². The quantitative estimate of drug-likeness (QED) is 0.543. The van der Waals surface area contributed by atoms with Crippen LogP contribution in [0, 0.1) is 0 Å². The molecule has 0 atom stereocenters. The summed E-state index contributed by atoms with van der Waals surface area (Å²) in [5.74, 6) is 0.965. The molecule has 0 aliphatic heterocycles. The Morgan fingerprint density at radius 1 is 1.62 bits per heavy atom. The number of ketones is 1. The SMILES string of the molecule is CC(=O)c1ccn(COCCSC(C)C)n1. The highest BCUT2D eigenvalue weighted by Gasteiger charge is 2.03. The van der Waals surface area contributed by atoms with Crippen LogP contribution in [-0.2, 0) is 11.5 Å². The summed E-state index contributed by atoms with van der Waals surface area (Å²) in [7, 11) is 0. The smallest absolute Gasteiger partial charge is 0.179 e. The standard InChI is InChI=1S/C11H18N2O2S/c1-9(2)16-7-6-15-8-13-5-4-11(12-13)10(3)14/h4-5,9H,6-8H2,1-3H3. The summed E-state index contributed by atoms with van der Waals surface area (Å²) in [6.07, 6.45) is 1.76. The predicted molar refractivity (Wildman–Crippen MR) is 65.8 cm³/mol. The van der Waals surface area contributed by atoms with Crippen molar-refractivity contribution < 1.29 is 9.53 Å². The predicted octanol–water partition coefficient (Wildman–Crippen LogP) is 2.20. The van der Waals surface area contributed by atoms with E-state index < -0.39 is 0 Å². The maximum Gasteiger partial charge on any atom is 0.179 e. The molecule has 0 radical (unpaired) electrons. The van der Waals surface area contributed by atoms with Crippen LogP contribution in [0.1, 0.15) is 31.3 Å². The Kier molecular flexibility index (Phi) is 5.55. The Bertz CT molecular complexity index is 336. The number of thioether (sulfide) groups is 1. The molecule has 0 aromatic carbocycles. The van der Waals surface area contributed by atoms with E-state index in [1.165, 1.54) is 6.92 Å². The number of Topliss-reactive ketones (excluding diaryl/α,β-unsaturated/α-hetero) is 1. The summed E-state index contributed by atoms with van der Waals surface area (Å²) in [6, 6.07) is 1.70. The average Bonchev–Trinajstić information content (AvgIpc) is 2.65. The van der Waals surface area contributed by atoms with E-state index in [4.69, 9.17) is 4.74 Å². The van der Waals surface area contributed by atoms with E-state index in [1.54, 1.807) is 16.9 Å². The van der Waals surface area contributed by atoms with E-state index in [0.717, 1.165) is 5.75 Å². The number of nitrogens with zero attached hydrogens (tertiary/aromatic N) is 2. The fraction of sp³-hybridized carbons (Fsp3) is 0.636. The number of hydrogen-bond donors (Lipinski definition) is 0. The number of carbonyl (C=O) groups excluding carboxylic acids is 1. The van der Waals surface area contributed by atoms with Gasteiger partial charge in [-0.05, 0) is 11.3 Å². The van der Waals surface area contributed by atoms with Crippen molar-refractivity contribution in [2.45, 2.75) is 32.8 Å². The maximum absolute atomic E-state index is 11.0. The molecule has 0 aliphatic rings. The minimum Gasteiger partial charge on any atom is -0.358 e. The van der Waals surface area contributed by atoms with Crippen LogP contribution in [0.4, 0.5) is 0 Å². The van der Waals surface area contributed by atoms with Crippen molar-refractivity contribution in [3.63, 3.8) is 0 Å². The fourth-order valence-electron chi connectivity index (χ4n) is 1.12. The minimum atomic E-state index is -0.0193. The van der Waals surface area contributed by atoms with Gasteiger partial charge in [-0.3, -0.25) is 4.79 Å². The van der Waals surface area contributed by atoms with E-state index in [-0.39, 0.29) is 5.78 Å². The lowest BCUT2D eigenvalue weighted by Gasteiger charge is -2.06. The first-order valence-corrected chi connectivity index (χ1v) is 6.38. The fourth-order valence-corrected chi connectivity index (χ4v) is 1.81. The van der Waals surface area contributed by atoms with Crippen LogP contribution in [0.3, 0.4) is 0 Å². The van der Waals surface area contributed by atoms with Crippen LogP contribution in [0.15, 0.2) is 12.3 Å². The molecule has 90 valence electrons. The van der Waals surface area contributed by atoms with Crippen LogP contribution in [0.2, 0.25) is 0 Å². The van der Waals surface area contributed by atoms with Crippen molar-refractivity contribution in [1.82, 2.24) is 9.78 Å². The van der Waals surface area contributed by atoms with Gasteiger partial charge in [0.1, 0.15) is 12.4 Å². The molecule has 1 aromatic rings. The van der Waals surface area contributed by atoms with Gasteiger partial charge in [0, 0.05) is 18.9 Å². The zero-order chi connectivity index (χ0) is 12.0. The highest BCUT2D eigenvalue weighted by atomic mass is 32.2. The van der Waals surface area contributed by atoms with Crippen LogP contribution in [0.5, 0.6) is 0 Å². The summed E-state index contributed by atoms with van der Waals surface area (Å²) in [4.78, 5) is 11.0. The molecule has 0 amide bonds. The molecular weight excluding hydrogens is 224 g/mol. The normalized spacial score (nSPS) is 11.0. The first-order valence-electron chi connectivity index (χ1n) is 5.33. The molecule has 16 heavy (non-hydrogen) atoms. The van der Waals surface area contributed by atoms with Gasteiger partial charge in [0.15, 0.2) is 5.78 Å². The van der Waals surface area contributed by atoms with E-state index in [9.17, 15) is 4.79 Å². The zero-order valence-electron chi connectivity index (χ0n) is 9.97. The van der Waals surface area contributed by atoms with Gasteiger partial charge in [-0.25, -0.2) is 4.68 Å². The number of hydrogen-bond acceptors (Lipinski definition) is 4. The van der Waals surface area contributed by atoms with Gasteiger partial charge in [0.25, 0.3) is 0 Å². The summed E-state index contributed by atoms with van der Waals surface area (Å²) in [6.45, 7) is 6.95. The topological polar surface area (TPSA) is 44.1 Å².